The van der Waals surface area contributed by atoms with Gasteiger partial charge in [-0.1, -0.05) is 0 Å². The Hall–Kier alpha value is -2.31. The minimum Gasteiger partial charge on any atom is -0.475 e. The topological polar surface area (TPSA) is 80.9 Å². The second kappa shape index (κ2) is 4.05. The van der Waals surface area contributed by atoms with E-state index in [4.69, 9.17) is 5.11 Å². The number of carbonyl (C=O) groups is 1. The summed E-state index contributed by atoms with van der Waals surface area (Å²) < 4.78 is 13.9. The fourth-order valence-corrected chi connectivity index (χ4v) is 1.13. The maximum absolute atomic E-state index is 12.6. The molecule has 2 rings (SSSR count). The Bertz CT molecular complexity index is 508. The molecule has 0 amide bonds. The zero-order chi connectivity index (χ0) is 11.5. The highest BCUT2D eigenvalue weighted by Gasteiger charge is 2.08. The van der Waals surface area contributed by atoms with Crippen molar-refractivity contribution >= 4 is 5.97 Å². The van der Waals surface area contributed by atoms with Gasteiger partial charge in [0.1, 0.15) is 12.1 Å². The van der Waals surface area contributed by atoms with Gasteiger partial charge >= 0.3 is 5.97 Å². The molecule has 16 heavy (non-hydrogen) atoms. The van der Waals surface area contributed by atoms with E-state index in [1.165, 1.54) is 23.1 Å². The Morgan fingerprint density at radius 2 is 2.25 bits per heavy atom. The summed E-state index contributed by atoms with van der Waals surface area (Å²) in [6, 6.07) is 2.77. The SMILES string of the molecule is O=C(O)c1ncn(Cc2ccc(F)cn2)n1. The van der Waals surface area contributed by atoms with Gasteiger partial charge in [-0.15, -0.1) is 5.10 Å². The minimum absolute atomic E-state index is 0.251. The Morgan fingerprint density at radius 1 is 1.44 bits per heavy atom. The fourth-order valence-electron chi connectivity index (χ4n) is 1.13. The Labute approximate surface area is 89.4 Å². The van der Waals surface area contributed by atoms with Gasteiger partial charge in [-0.25, -0.2) is 18.9 Å². The molecule has 7 heteroatoms. The van der Waals surface area contributed by atoms with E-state index in [2.05, 4.69) is 15.1 Å². The summed E-state index contributed by atoms with van der Waals surface area (Å²) >= 11 is 0. The average Bonchev–Trinajstić information content (AvgIpc) is 2.70. The number of hydrogen-bond acceptors (Lipinski definition) is 4. The van der Waals surface area contributed by atoms with Gasteiger partial charge in [0, 0.05) is 0 Å². The monoisotopic (exact) mass is 222 g/mol. The van der Waals surface area contributed by atoms with Crippen LogP contribution in [-0.2, 0) is 6.54 Å². The van der Waals surface area contributed by atoms with E-state index in [0.29, 0.717) is 5.69 Å². The summed E-state index contributed by atoms with van der Waals surface area (Å²) in [7, 11) is 0. The van der Waals surface area contributed by atoms with Crippen LogP contribution in [0.1, 0.15) is 16.3 Å². The van der Waals surface area contributed by atoms with Gasteiger partial charge in [-0.2, -0.15) is 0 Å². The number of pyridine rings is 1. The van der Waals surface area contributed by atoms with Crippen molar-refractivity contribution in [3.05, 3.63) is 42.0 Å². The number of halogens is 1. The number of aromatic nitrogens is 4. The summed E-state index contributed by atoms with van der Waals surface area (Å²) in [5.74, 6) is -1.89. The van der Waals surface area contributed by atoms with Gasteiger partial charge in [0.2, 0.25) is 0 Å². The average molecular weight is 222 g/mol. The summed E-state index contributed by atoms with van der Waals surface area (Å²) in [4.78, 5) is 17.9. The lowest BCUT2D eigenvalue weighted by molar-refractivity contribution is 0.0683. The number of aromatic carboxylic acids is 1. The van der Waals surface area contributed by atoms with Crippen molar-refractivity contribution in [2.45, 2.75) is 6.54 Å². The van der Waals surface area contributed by atoms with Crippen LogP contribution in [-0.4, -0.2) is 30.8 Å². The molecule has 0 aromatic carbocycles. The third-order valence-corrected chi connectivity index (χ3v) is 1.84. The van der Waals surface area contributed by atoms with E-state index in [1.54, 1.807) is 0 Å². The third-order valence-electron chi connectivity index (χ3n) is 1.84. The predicted molar refractivity (Wildman–Crippen MR) is 50.3 cm³/mol. The van der Waals surface area contributed by atoms with Crippen molar-refractivity contribution in [1.82, 2.24) is 19.7 Å². The lowest BCUT2D eigenvalue weighted by Crippen LogP contribution is -2.05. The molecular formula is C9H7FN4O2. The van der Waals surface area contributed by atoms with Crippen molar-refractivity contribution in [2.24, 2.45) is 0 Å². The zero-order valence-electron chi connectivity index (χ0n) is 8.04. The van der Waals surface area contributed by atoms with Crippen LogP contribution in [0.4, 0.5) is 4.39 Å². The van der Waals surface area contributed by atoms with Gasteiger partial charge in [0.05, 0.1) is 18.4 Å². The Morgan fingerprint density at radius 3 is 2.81 bits per heavy atom. The molecule has 0 aliphatic heterocycles. The van der Waals surface area contributed by atoms with Crippen LogP contribution >= 0.6 is 0 Å². The van der Waals surface area contributed by atoms with E-state index in [-0.39, 0.29) is 12.4 Å². The quantitative estimate of drug-likeness (QED) is 0.820. The lowest BCUT2D eigenvalue weighted by atomic mass is 10.3. The number of hydrogen-bond donors (Lipinski definition) is 1. The Balaban J connectivity index is 2.14. The molecule has 2 aromatic rings. The number of nitrogens with zero attached hydrogens (tertiary/aromatic N) is 4. The van der Waals surface area contributed by atoms with Gasteiger partial charge in [0.25, 0.3) is 5.82 Å². The molecular weight excluding hydrogens is 215 g/mol. The summed E-state index contributed by atoms with van der Waals surface area (Å²) in [5, 5.41) is 12.3. The third kappa shape index (κ3) is 2.19. The van der Waals surface area contributed by atoms with Crippen LogP contribution in [0.3, 0.4) is 0 Å². The molecule has 6 nitrogen and oxygen atoms in total. The first-order valence-corrected chi connectivity index (χ1v) is 4.38. The molecule has 0 bridgehead atoms. The number of carboxylic acid groups (broad SMARTS) is 1. The molecule has 2 aromatic heterocycles. The molecule has 2 heterocycles. The first kappa shape index (κ1) is 10.2. The highest BCUT2D eigenvalue weighted by atomic mass is 19.1. The van der Waals surface area contributed by atoms with E-state index in [9.17, 15) is 9.18 Å². The second-order valence-corrected chi connectivity index (χ2v) is 3.04. The first-order chi connectivity index (χ1) is 7.65. The van der Waals surface area contributed by atoms with Gasteiger partial charge < -0.3 is 5.11 Å². The standard InChI is InChI=1S/C9H7FN4O2/c10-6-1-2-7(11-3-6)4-14-5-12-8(13-14)9(15)16/h1-3,5H,4H2,(H,15,16). The molecule has 0 saturated heterocycles. The molecule has 0 saturated carbocycles. The highest BCUT2D eigenvalue weighted by Crippen LogP contribution is 2.00. The van der Waals surface area contributed by atoms with Crippen LogP contribution in [0, 0.1) is 5.82 Å². The molecule has 1 N–H and O–H groups in total. The van der Waals surface area contributed by atoms with Crippen molar-refractivity contribution in [1.29, 1.82) is 0 Å². The lowest BCUT2D eigenvalue weighted by Gasteiger charge is -1.99. The van der Waals surface area contributed by atoms with Crippen LogP contribution in [0.2, 0.25) is 0 Å². The summed E-state index contributed by atoms with van der Waals surface area (Å²) in [6.07, 6.45) is 2.37. The normalized spacial score (nSPS) is 10.3. The maximum Gasteiger partial charge on any atom is 0.375 e. The van der Waals surface area contributed by atoms with Crippen LogP contribution in [0.25, 0.3) is 0 Å². The second-order valence-electron chi connectivity index (χ2n) is 3.04. The van der Waals surface area contributed by atoms with Gasteiger partial charge in [0.15, 0.2) is 0 Å². The van der Waals surface area contributed by atoms with Crippen molar-refractivity contribution in [3.8, 4) is 0 Å². The fraction of sp³-hybridized carbons (Fsp3) is 0.111. The van der Waals surface area contributed by atoms with Crippen molar-refractivity contribution in [3.63, 3.8) is 0 Å². The number of rotatable bonds is 3. The highest BCUT2D eigenvalue weighted by molar-refractivity contribution is 5.82. The minimum atomic E-state index is -1.19. The van der Waals surface area contributed by atoms with Crippen molar-refractivity contribution < 1.29 is 14.3 Å². The Kier molecular flexibility index (Phi) is 2.59. The first-order valence-electron chi connectivity index (χ1n) is 4.38. The van der Waals surface area contributed by atoms with Crippen LogP contribution < -0.4 is 0 Å². The predicted octanol–water partition coefficient (Wildman–Crippen LogP) is 0.559. The molecule has 0 unspecified atom stereocenters. The van der Waals surface area contributed by atoms with E-state index < -0.39 is 11.8 Å². The van der Waals surface area contributed by atoms with Crippen LogP contribution in [0.15, 0.2) is 24.7 Å². The van der Waals surface area contributed by atoms with Crippen molar-refractivity contribution in [2.75, 3.05) is 0 Å². The molecule has 0 radical (unpaired) electrons. The molecule has 82 valence electrons. The van der Waals surface area contributed by atoms with Gasteiger partial charge in [-0.3, -0.25) is 4.98 Å². The van der Waals surface area contributed by atoms with Gasteiger partial charge in [-0.05, 0) is 12.1 Å². The summed E-state index contributed by atoms with van der Waals surface area (Å²) in [6.45, 7) is 0.251. The molecule has 0 aliphatic carbocycles. The summed E-state index contributed by atoms with van der Waals surface area (Å²) in [5.41, 5.74) is 0.572. The molecule has 0 atom stereocenters. The maximum atomic E-state index is 12.6. The largest absolute Gasteiger partial charge is 0.475 e. The number of carboxylic acids is 1. The van der Waals surface area contributed by atoms with E-state index in [0.717, 1.165) is 6.20 Å². The smallest absolute Gasteiger partial charge is 0.375 e. The van der Waals surface area contributed by atoms with Crippen LogP contribution in [0.5, 0.6) is 0 Å². The van der Waals surface area contributed by atoms with E-state index >= 15 is 0 Å². The zero-order valence-corrected chi connectivity index (χ0v) is 8.04. The van der Waals surface area contributed by atoms with E-state index in [1.807, 2.05) is 0 Å². The molecule has 0 spiro atoms. The molecule has 0 aliphatic rings. The molecule has 0 fully saturated rings.